The fourth-order valence-electron chi connectivity index (χ4n) is 3.52. The van der Waals surface area contributed by atoms with E-state index >= 15 is 0 Å². The first-order valence-corrected chi connectivity index (χ1v) is 10.9. The number of aromatic nitrogens is 1. The topological polar surface area (TPSA) is 61.8 Å². The lowest BCUT2D eigenvalue weighted by Crippen LogP contribution is -2.42. The van der Waals surface area contributed by atoms with Crippen molar-refractivity contribution >= 4 is 17.3 Å². The Kier molecular flexibility index (Phi) is 7.68. The maximum Gasteiger partial charge on any atom is 0.191 e. The van der Waals surface area contributed by atoms with Crippen molar-refractivity contribution in [2.24, 2.45) is 4.99 Å². The molecule has 1 unspecified atom stereocenters. The van der Waals surface area contributed by atoms with Gasteiger partial charge in [-0.1, -0.05) is 19.1 Å². The van der Waals surface area contributed by atoms with Gasteiger partial charge in [0.2, 0.25) is 0 Å². The number of likely N-dealkylation sites (tertiary alicyclic amines) is 1. The zero-order valence-corrected chi connectivity index (χ0v) is 17.9. The molecule has 1 atom stereocenters. The molecule has 1 aliphatic rings. The van der Waals surface area contributed by atoms with Gasteiger partial charge >= 0.3 is 0 Å². The Bertz CT molecular complexity index is 752. The highest BCUT2D eigenvalue weighted by Gasteiger charge is 2.23. The lowest BCUT2D eigenvalue weighted by Gasteiger charge is -2.29. The first kappa shape index (κ1) is 20.6. The number of thiazole rings is 1. The van der Waals surface area contributed by atoms with E-state index in [0.29, 0.717) is 12.6 Å². The summed E-state index contributed by atoms with van der Waals surface area (Å²) >= 11 is 1.72. The van der Waals surface area contributed by atoms with Crippen molar-refractivity contribution in [3.05, 3.63) is 45.9 Å². The van der Waals surface area contributed by atoms with Crippen molar-refractivity contribution in [1.82, 2.24) is 20.5 Å². The molecule has 1 aromatic heterocycles. The Balaban J connectivity index is 1.60. The van der Waals surface area contributed by atoms with E-state index in [2.05, 4.69) is 49.9 Å². The number of rotatable bonds is 8. The summed E-state index contributed by atoms with van der Waals surface area (Å²) in [5, 5.41) is 10.2. The first-order chi connectivity index (χ1) is 13.7. The van der Waals surface area contributed by atoms with Crippen LogP contribution in [0.25, 0.3) is 0 Å². The minimum Gasteiger partial charge on any atom is -0.497 e. The predicted octanol–water partition coefficient (Wildman–Crippen LogP) is 3.22. The van der Waals surface area contributed by atoms with Gasteiger partial charge in [0, 0.05) is 19.0 Å². The quantitative estimate of drug-likeness (QED) is 0.525. The number of hydrogen-bond acceptors (Lipinski definition) is 5. The average Bonchev–Trinajstić information content (AvgIpc) is 3.43. The summed E-state index contributed by atoms with van der Waals surface area (Å²) in [6.45, 7) is 5.91. The summed E-state index contributed by atoms with van der Waals surface area (Å²) in [6, 6.07) is 8.73. The van der Waals surface area contributed by atoms with Crippen molar-refractivity contribution in [2.45, 2.75) is 38.8 Å². The second-order valence-electron chi connectivity index (χ2n) is 6.92. The number of guanidine groups is 1. The zero-order chi connectivity index (χ0) is 19.8. The highest BCUT2D eigenvalue weighted by atomic mass is 32.1. The van der Waals surface area contributed by atoms with Gasteiger partial charge in [0.15, 0.2) is 5.96 Å². The Hall–Kier alpha value is -2.12. The number of benzene rings is 1. The van der Waals surface area contributed by atoms with Crippen LogP contribution in [0.1, 0.15) is 42.1 Å². The SMILES string of the molecule is CCc1nc(CNC(=NC)NCC(c2ccc(OC)cc2)N2CCCC2)cs1. The average molecular weight is 402 g/mol. The van der Waals surface area contributed by atoms with Crippen molar-refractivity contribution < 1.29 is 4.74 Å². The van der Waals surface area contributed by atoms with Gasteiger partial charge in [-0.3, -0.25) is 9.89 Å². The van der Waals surface area contributed by atoms with E-state index in [1.807, 2.05) is 19.2 Å². The summed E-state index contributed by atoms with van der Waals surface area (Å²) in [7, 11) is 3.52. The fourth-order valence-corrected chi connectivity index (χ4v) is 4.26. The summed E-state index contributed by atoms with van der Waals surface area (Å²) in [4.78, 5) is 11.5. The van der Waals surface area contributed by atoms with Crippen LogP contribution in [0.3, 0.4) is 0 Å². The minimum atomic E-state index is 0.318. The molecule has 1 aliphatic heterocycles. The Morgan fingerprint density at radius 3 is 2.61 bits per heavy atom. The van der Waals surface area contributed by atoms with E-state index in [0.717, 1.165) is 43.5 Å². The molecule has 152 valence electrons. The van der Waals surface area contributed by atoms with E-state index < -0.39 is 0 Å². The molecule has 0 radical (unpaired) electrons. The van der Waals surface area contributed by atoms with Gasteiger partial charge in [0.1, 0.15) is 5.75 Å². The van der Waals surface area contributed by atoms with Crippen molar-refractivity contribution in [1.29, 1.82) is 0 Å². The third-order valence-corrected chi connectivity index (χ3v) is 6.15. The lowest BCUT2D eigenvalue weighted by atomic mass is 10.1. The third kappa shape index (κ3) is 5.45. The van der Waals surface area contributed by atoms with Gasteiger partial charge in [0.25, 0.3) is 0 Å². The second kappa shape index (κ2) is 10.4. The van der Waals surface area contributed by atoms with E-state index in [9.17, 15) is 0 Å². The van der Waals surface area contributed by atoms with Crippen LogP contribution in [0, 0.1) is 0 Å². The molecule has 28 heavy (non-hydrogen) atoms. The number of nitrogens with zero attached hydrogens (tertiary/aromatic N) is 3. The number of aryl methyl sites for hydroxylation is 1. The molecule has 1 fully saturated rings. The zero-order valence-electron chi connectivity index (χ0n) is 17.1. The highest BCUT2D eigenvalue weighted by Crippen LogP contribution is 2.26. The van der Waals surface area contributed by atoms with Crippen LogP contribution < -0.4 is 15.4 Å². The van der Waals surface area contributed by atoms with E-state index in [1.54, 1.807) is 18.4 Å². The van der Waals surface area contributed by atoms with Crippen LogP contribution in [0.4, 0.5) is 0 Å². The van der Waals surface area contributed by atoms with Crippen LogP contribution in [-0.2, 0) is 13.0 Å². The Morgan fingerprint density at radius 1 is 1.25 bits per heavy atom. The van der Waals surface area contributed by atoms with Crippen molar-refractivity contribution in [3.63, 3.8) is 0 Å². The van der Waals surface area contributed by atoms with E-state index in [1.165, 1.54) is 23.4 Å². The molecule has 3 rings (SSSR count). The highest BCUT2D eigenvalue weighted by molar-refractivity contribution is 7.09. The number of ether oxygens (including phenoxy) is 1. The molecule has 0 bridgehead atoms. The van der Waals surface area contributed by atoms with Crippen LogP contribution in [0.5, 0.6) is 5.75 Å². The molecule has 1 aromatic carbocycles. The van der Waals surface area contributed by atoms with Gasteiger partial charge < -0.3 is 15.4 Å². The number of hydrogen-bond donors (Lipinski definition) is 2. The number of methoxy groups -OCH3 is 1. The smallest absolute Gasteiger partial charge is 0.191 e. The van der Waals surface area contributed by atoms with Gasteiger partial charge in [-0.2, -0.15) is 0 Å². The molecule has 2 heterocycles. The van der Waals surface area contributed by atoms with Gasteiger partial charge in [-0.05, 0) is 50.0 Å². The second-order valence-corrected chi connectivity index (χ2v) is 7.87. The first-order valence-electron chi connectivity index (χ1n) is 9.99. The fraction of sp³-hybridized carbons (Fsp3) is 0.524. The molecule has 6 nitrogen and oxygen atoms in total. The molecule has 2 N–H and O–H groups in total. The molecule has 7 heteroatoms. The molecule has 0 saturated carbocycles. The summed E-state index contributed by atoms with van der Waals surface area (Å²) in [5.41, 5.74) is 2.37. The standard InChI is InChI=1S/C21H31N5OS/c1-4-20-25-17(15-28-20)13-23-21(22-2)24-14-19(26-11-5-6-12-26)16-7-9-18(27-3)10-8-16/h7-10,15,19H,4-6,11-14H2,1-3H3,(H2,22,23,24). The minimum absolute atomic E-state index is 0.318. The number of nitrogens with one attached hydrogen (secondary N) is 2. The number of aliphatic imine (C=N–C) groups is 1. The van der Waals surface area contributed by atoms with E-state index in [4.69, 9.17) is 4.74 Å². The molecule has 0 spiro atoms. The van der Waals surface area contributed by atoms with Gasteiger partial charge in [-0.15, -0.1) is 11.3 Å². The van der Waals surface area contributed by atoms with E-state index in [-0.39, 0.29) is 0 Å². The molecule has 0 aliphatic carbocycles. The van der Waals surface area contributed by atoms with Crippen molar-refractivity contribution in [2.75, 3.05) is 33.8 Å². The predicted molar refractivity (Wildman–Crippen MR) is 116 cm³/mol. The maximum atomic E-state index is 5.31. The lowest BCUT2D eigenvalue weighted by molar-refractivity contribution is 0.245. The largest absolute Gasteiger partial charge is 0.497 e. The molecular formula is C21H31N5OS. The van der Waals surface area contributed by atoms with Crippen LogP contribution in [0.2, 0.25) is 0 Å². The third-order valence-electron chi connectivity index (χ3n) is 5.11. The molecule has 1 saturated heterocycles. The Labute approximate surface area is 172 Å². The molecule has 0 amide bonds. The molecule has 2 aromatic rings. The van der Waals surface area contributed by atoms with Gasteiger partial charge in [0.05, 0.1) is 30.4 Å². The summed E-state index contributed by atoms with van der Waals surface area (Å²) < 4.78 is 5.31. The van der Waals surface area contributed by atoms with Gasteiger partial charge in [-0.25, -0.2) is 4.98 Å². The summed E-state index contributed by atoms with van der Waals surface area (Å²) in [6.07, 6.45) is 3.52. The maximum absolute atomic E-state index is 5.31. The van der Waals surface area contributed by atoms with Crippen LogP contribution in [0.15, 0.2) is 34.6 Å². The van der Waals surface area contributed by atoms with Crippen molar-refractivity contribution in [3.8, 4) is 5.75 Å². The Morgan fingerprint density at radius 2 is 2.00 bits per heavy atom. The van der Waals surface area contributed by atoms with Crippen LogP contribution >= 0.6 is 11.3 Å². The normalized spacial score (nSPS) is 16.2. The molecular weight excluding hydrogens is 370 g/mol. The monoisotopic (exact) mass is 401 g/mol. The van der Waals surface area contributed by atoms with Crippen LogP contribution in [-0.4, -0.2) is 49.6 Å². The summed E-state index contributed by atoms with van der Waals surface area (Å²) in [5.74, 6) is 1.70.